The molecule has 4 nitrogen and oxygen atoms in total. The summed E-state index contributed by atoms with van der Waals surface area (Å²) in [5.74, 6) is 0.343. The SMILES string of the molecule is COc1cc(CCc2ccc(O)c(O)c2)ccc1O. The summed E-state index contributed by atoms with van der Waals surface area (Å²) in [6, 6.07) is 10.0. The van der Waals surface area contributed by atoms with Crippen molar-refractivity contribution in [1.82, 2.24) is 0 Å². The van der Waals surface area contributed by atoms with Crippen LogP contribution in [0.1, 0.15) is 11.1 Å². The van der Waals surface area contributed by atoms with E-state index in [-0.39, 0.29) is 17.2 Å². The predicted molar refractivity (Wildman–Crippen MR) is 71.8 cm³/mol. The molecule has 0 aromatic heterocycles. The highest BCUT2D eigenvalue weighted by molar-refractivity contribution is 5.43. The monoisotopic (exact) mass is 260 g/mol. The predicted octanol–water partition coefficient (Wildman–Crippen LogP) is 2.60. The maximum Gasteiger partial charge on any atom is 0.160 e. The van der Waals surface area contributed by atoms with Gasteiger partial charge in [0.05, 0.1) is 7.11 Å². The molecule has 2 rings (SSSR count). The zero-order chi connectivity index (χ0) is 13.8. The highest BCUT2D eigenvalue weighted by Gasteiger charge is 2.04. The molecule has 19 heavy (non-hydrogen) atoms. The second kappa shape index (κ2) is 5.52. The van der Waals surface area contributed by atoms with Gasteiger partial charge in [-0.05, 0) is 48.2 Å². The number of aromatic hydroxyl groups is 3. The van der Waals surface area contributed by atoms with Crippen molar-refractivity contribution >= 4 is 0 Å². The Labute approximate surface area is 111 Å². The minimum absolute atomic E-state index is 0.110. The van der Waals surface area contributed by atoms with Gasteiger partial charge >= 0.3 is 0 Å². The van der Waals surface area contributed by atoms with Crippen molar-refractivity contribution in [2.75, 3.05) is 7.11 Å². The molecule has 100 valence electrons. The molecule has 2 aromatic rings. The number of phenolic OH excluding ortho intramolecular Hbond substituents is 3. The molecule has 0 radical (unpaired) electrons. The molecular formula is C15H16O4. The van der Waals surface area contributed by atoms with Gasteiger partial charge in [0.1, 0.15) is 0 Å². The first-order valence-corrected chi connectivity index (χ1v) is 5.97. The first-order valence-electron chi connectivity index (χ1n) is 5.97. The van der Waals surface area contributed by atoms with Gasteiger partial charge < -0.3 is 20.1 Å². The number of aryl methyl sites for hydroxylation is 2. The number of hydrogen-bond acceptors (Lipinski definition) is 4. The normalized spacial score (nSPS) is 10.4. The molecule has 0 saturated heterocycles. The van der Waals surface area contributed by atoms with Crippen LogP contribution in [0.15, 0.2) is 36.4 Å². The van der Waals surface area contributed by atoms with Gasteiger partial charge in [-0.1, -0.05) is 12.1 Å². The first kappa shape index (κ1) is 13.1. The zero-order valence-corrected chi connectivity index (χ0v) is 10.6. The van der Waals surface area contributed by atoms with Gasteiger partial charge in [-0.25, -0.2) is 0 Å². The van der Waals surface area contributed by atoms with Crippen LogP contribution in [-0.4, -0.2) is 22.4 Å². The number of rotatable bonds is 4. The number of ether oxygens (including phenoxy) is 1. The average molecular weight is 260 g/mol. The van der Waals surface area contributed by atoms with E-state index in [4.69, 9.17) is 4.74 Å². The van der Waals surface area contributed by atoms with Crippen LogP contribution in [0, 0.1) is 0 Å². The lowest BCUT2D eigenvalue weighted by molar-refractivity contribution is 0.373. The summed E-state index contributed by atoms with van der Waals surface area (Å²) < 4.78 is 5.05. The number of hydrogen-bond donors (Lipinski definition) is 3. The minimum atomic E-state index is -0.116. The minimum Gasteiger partial charge on any atom is -0.504 e. The molecule has 4 heteroatoms. The van der Waals surface area contributed by atoms with Crippen molar-refractivity contribution in [2.24, 2.45) is 0 Å². The second-order valence-electron chi connectivity index (χ2n) is 4.33. The molecule has 0 aliphatic rings. The van der Waals surface area contributed by atoms with Gasteiger partial charge in [-0.2, -0.15) is 0 Å². The van der Waals surface area contributed by atoms with Crippen LogP contribution in [0.4, 0.5) is 0 Å². The van der Waals surface area contributed by atoms with E-state index in [0.29, 0.717) is 5.75 Å². The topological polar surface area (TPSA) is 69.9 Å². The summed E-state index contributed by atoms with van der Waals surface area (Å²) in [6.07, 6.45) is 1.47. The van der Waals surface area contributed by atoms with Crippen LogP contribution in [0.25, 0.3) is 0 Å². The summed E-state index contributed by atoms with van der Waals surface area (Å²) in [7, 11) is 1.51. The highest BCUT2D eigenvalue weighted by Crippen LogP contribution is 2.28. The van der Waals surface area contributed by atoms with Gasteiger partial charge in [0.2, 0.25) is 0 Å². The van der Waals surface area contributed by atoms with Gasteiger partial charge in [0.25, 0.3) is 0 Å². The molecule has 0 atom stereocenters. The van der Waals surface area contributed by atoms with E-state index in [0.717, 1.165) is 24.0 Å². The fourth-order valence-electron chi connectivity index (χ4n) is 1.89. The molecule has 3 N–H and O–H groups in total. The fourth-order valence-corrected chi connectivity index (χ4v) is 1.89. The van der Waals surface area contributed by atoms with Crippen LogP contribution in [0.3, 0.4) is 0 Å². The Kier molecular flexibility index (Phi) is 3.80. The van der Waals surface area contributed by atoms with Crippen molar-refractivity contribution in [1.29, 1.82) is 0 Å². The average Bonchev–Trinajstić information content (AvgIpc) is 2.41. The third kappa shape index (κ3) is 3.10. The summed E-state index contributed by atoms with van der Waals surface area (Å²) in [4.78, 5) is 0. The van der Waals surface area contributed by atoms with E-state index in [2.05, 4.69) is 0 Å². The lowest BCUT2D eigenvalue weighted by Crippen LogP contribution is -1.93. The summed E-state index contributed by atoms with van der Waals surface area (Å²) >= 11 is 0. The van der Waals surface area contributed by atoms with E-state index >= 15 is 0 Å². The van der Waals surface area contributed by atoms with E-state index in [1.54, 1.807) is 24.3 Å². The van der Waals surface area contributed by atoms with Crippen molar-refractivity contribution in [3.05, 3.63) is 47.5 Å². The van der Waals surface area contributed by atoms with Crippen LogP contribution in [0.5, 0.6) is 23.0 Å². The highest BCUT2D eigenvalue weighted by atomic mass is 16.5. The Hall–Kier alpha value is -2.36. The summed E-state index contributed by atoms with van der Waals surface area (Å²) in [6.45, 7) is 0. The molecule has 0 saturated carbocycles. The summed E-state index contributed by atoms with van der Waals surface area (Å²) in [5, 5.41) is 28.1. The van der Waals surface area contributed by atoms with E-state index in [1.807, 2.05) is 6.07 Å². The molecule has 0 heterocycles. The second-order valence-corrected chi connectivity index (χ2v) is 4.33. The number of methoxy groups -OCH3 is 1. The third-order valence-corrected chi connectivity index (χ3v) is 2.99. The third-order valence-electron chi connectivity index (χ3n) is 2.99. The van der Waals surface area contributed by atoms with E-state index in [9.17, 15) is 15.3 Å². The van der Waals surface area contributed by atoms with Gasteiger partial charge in [0.15, 0.2) is 23.0 Å². The Morgan fingerprint density at radius 1 is 0.789 bits per heavy atom. The largest absolute Gasteiger partial charge is 0.504 e. The molecule has 0 bridgehead atoms. The van der Waals surface area contributed by atoms with Gasteiger partial charge in [0, 0.05) is 0 Å². The maximum absolute atomic E-state index is 9.50. The molecular weight excluding hydrogens is 244 g/mol. The molecule has 0 aliphatic heterocycles. The summed E-state index contributed by atoms with van der Waals surface area (Å²) in [5.41, 5.74) is 1.96. The Bertz CT molecular complexity index is 578. The number of benzene rings is 2. The standard InChI is InChI=1S/C15H16O4/c1-19-15-9-11(5-7-13(15)17)3-2-10-4-6-12(16)14(18)8-10/h4-9,16-18H,2-3H2,1H3. The van der Waals surface area contributed by atoms with Crippen LogP contribution < -0.4 is 4.74 Å². The maximum atomic E-state index is 9.50. The van der Waals surface area contributed by atoms with Crippen molar-refractivity contribution in [2.45, 2.75) is 12.8 Å². The van der Waals surface area contributed by atoms with E-state index < -0.39 is 0 Å². The molecule has 0 aliphatic carbocycles. The van der Waals surface area contributed by atoms with Crippen molar-refractivity contribution < 1.29 is 20.1 Å². The molecule has 0 fully saturated rings. The lowest BCUT2D eigenvalue weighted by atomic mass is 10.0. The Balaban J connectivity index is 2.07. The zero-order valence-electron chi connectivity index (χ0n) is 10.6. The molecule has 0 amide bonds. The van der Waals surface area contributed by atoms with Gasteiger partial charge in [-0.3, -0.25) is 0 Å². The fraction of sp³-hybridized carbons (Fsp3) is 0.200. The Morgan fingerprint density at radius 3 is 1.95 bits per heavy atom. The smallest absolute Gasteiger partial charge is 0.160 e. The first-order chi connectivity index (χ1) is 9.10. The van der Waals surface area contributed by atoms with Crippen LogP contribution in [-0.2, 0) is 12.8 Å². The molecule has 2 aromatic carbocycles. The molecule has 0 spiro atoms. The number of phenols is 3. The van der Waals surface area contributed by atoms with Crippen molar-refractivity contribution in [3.8, 4) is 23.0 Å². The molecule has 0 unspecified atom stereocenters. The van der Waals surface area contributed by atoms with E-state index in [1.165, 1.54) is 13.2 Å². The Morgan fingerprint density at radius 2 is 1.37 bits per heavy atom. The quantitative estimate of drug-likeness (QED) is 0.739. The lowest BCUT2D eigenvalue weighted by Gasteiger charge is -2.07. The van der Waals surface area contributed by atoms with Crippen LogP contribution in [0.2, 0.25) is 0 Å². The van der Waals surface area contributed by atoms with Gasteiger partial charge in [-0.15, -0.1) is 0 Å². The van der Waals surface area contributed by atoms with Crippen molar-refractivity contribution in [3.63, 3.8) is 0 Å². The van der Waals surface area contributed by atoms with Crippen LogP contribution >= 0.6 is 0 Å².